The van der Waals surface area contributed by atoms with Gasteiger partial charge in [-0.25, -0.2) is 0 Å². The zero-order valence-corrected chi connectivity index (χ0v) is 8.85. The normalized spacial score (nSPS) is 17.2. The lowest BCUT2D eigenvalue weighted by Gasteiger charge is -2.12. The third kappa shape index (κ3) is 5.09. The van der Waals surface area contributed by atoms with Crippen LogP contribution < -0.4 is 0 Å². The molecule has 0 bridgehead atoms. The van der Waals surface area contributed by atoms with E-state index in [1.165, 1.54) is 44.9 Å². The second-order valence-electron chi connectivity index (χ2n) is 3.76. The highest BCUT2D eigenvalue weighted by Gasteiger charge is 2.02. The highest BCUT2D eigenvalue weighted by atomic mass is 16.5. The predicted molar refractivity (Wildman–Crippen MR) is 56.9 cm³/mol. The molecule has 0 unspecified atom stereocenters. The Kier molecular flexibility index (Phi) is 5.92. The molecule has 0 aromatic rings. The van der Waals surface area contributed by atoms with Gasteiger partial charge in [-0.05, 0) is 51.9 Å². The van der Waals surface area contributed by atoms with Crippen molar-refractivity contribution in [2.24, 2.45) is 0 Å². The van der Waals surface area contributed by atoms with Crippen LogP contribution >= 0.6 is 0 Å². The zero-order chi connectivity index (χ0) is 9.36. The van der Waals surface area contributed by atoms with Crippen molar-refractivity contribution < 1.29 is 4.74 Å². The van der Waals surface area contributed by atoms with Crippen molar-refractivity contribution in [3.8, 4) is 0 Å². The molecule has 1 nitrogen and oxygen atoms in total. The fourth-order valence-corrected chi connectivity index (χ4v) is 1.83. The van der Waals surface area contributed by atoms with E-state index in [4.69, 9.17) is 4.74 Å². The Hall–Kier alpha value is -0.300. The maximum absolute atomic E-state index is 5.30. The molecule has 0 aliphatic heterocycles. The smallest absolute Gasteiger partial charge is 0.0466 e. The fourth-order valence-electron chi connectivity index (χ4n) is 1.83. The molecule has 13 heavy (non-hydrogen) atoms. The topological polar surface area (TPSA) is 9.23 Å². The number of ether oxygens (including phenoxy) is 1. The summed E-state index contributed by atoms with van der Waals surface area (Å²) in [7, 11) is 0. The van der Waals surface area contributed by atoms with E-state index in [1.54, 1.807) is 5.57 Å². The Bertz CT molecular complexity index is 149. The first kappa shape index (κ1) is 10.8. The van der Waals surface area contributed by atoms with Gasteiger partial charge < -0.3 is 4.74 Å². The third-order valence-corrected chi connectivity index (χ3v) is 2.63. The molecule has 0 saturated carbocycles. The van der Waals surface area contributed by atoms with Gasteiger partial charge in [0.25, 0.3) is 0 Å². The summed E-state index contributed by atoms with van der Waals surface area (Å²) in [5, 5.41) is 0. The largest absolute Gasteiger partial charge is 0.382 e. The molecule has 0 spiro atoms. The summed E-state index contributed by atoms with van der Waals surface area (Å²) in [6.07, 6.45) is 11.8. The summed E-state index contributed by atoms with van der Waals surface area (Å²) < 4.78 is 5.30. The zero-order valence-electron chi connectivity index (χ0n) is 8.85. The molecule has 0 fully saturated rings. The van der Waals surface area contributed by atoms with Crippen molar-refractivity contribution in [3.63, 3.8) is 0 Å². The Morgan fingerprint density at radius 1 is 1.31 bits per heavy atom. The SMILES string of the molecule is CCOCCCCC1=CCCCC1. The van der Waals surface area contributed by atoms with E-state index in [0.717, 1.165) is 13.2 Å². The molecule has 0 aromatic heterocycles. The van der Waals surface area contributed by atoms with Crippen LogP contribution in [0, 0.1) is 0 Å². The van der Waals surface area contributed by atoms with Gasteiger partial charge in [0, 0.05) is 13.2 Å². The van der Waals surface area contributed by atoms with Crippen LogP contribution in [0.5, 0.6) is 0 Å². The lowest BCUT2D eigenvalue weighted by atomic mass is 9.96. The average molecular weight is 182 g/mol. The van der Waals surface area contributed by atoms with Gasteiger partial charge in [-0.3, -0.25) is 0 Å². The first-order chi connectivity index (χ1) is 6.43. The van der Waals surface area contributed by atoms with Crippen LogP contribution in [0.4, 0.5) is 0 Å². The second kappa shape index (κ2) is 7.14. The van der Waals surface area contributed by atoms with E-state index in [-0.39, 0.29) is 0 Å². The molecule has 76 valence electrons. The Morgan fingerprint density at radius 3 is 2.92 bits per heavy atom. The summed E-state index contributed by atoms with van der Waals surface area (Å²) in [4.78, 5) is 0. The quantitative estimate of drug-likeness (QED) is 0.449. The number of hydrogen-bond donors (Lipinski definition) is 0. The van der Waals surface area contributed by atoms with Gasteiger partial charge in [-0.1, -0.05) is 11.6 Å². The monoisotopic (exact) mass is 182 g/mol. The molecule has 1 aliphatic carbocycles. The van der Waals surface area contributed by atoms with Gasteiger partial charge in [-0.2, -0.15) is 0 Å². The van der Waals surface area contributed by atoms with Crippen LogP contribution in [0.25, 0.3) is 0 Å². The van der Waals surface area contributed by atoms with Crippen molar-refractivity contribution in [2.45, 2.75) is 51.9 Å². The molecule has 0 heterocycles. The average Bonchev–Trinajstić information content (AvgIpc) is 2.19. The lowest BCUT2D eigenvalue weighted by Crippen LogP contribution is -1.95. The number of hydrogen-bond acceptors (Lipinski definition) is 1. The summed E-state index contributed by atoms with van der Waals surface area (Å²) in [6.45, 7) is 3.87. The Labute approximate surface area is 82.2 Å². The van der Waals surface area contributed by atoms with Crippen LogP contribution in [0.1, 0.15) is 51.9 Å². The van der Waals surface area contributed by atoms with Crippen molar-refractivity contribution in [1.82, 2.24) is 0 Å². The minimum Gasteiger partial charge on any atom is -0.382 e. The maximum Gasteiger partial charge on any atom is 0.0466 e. The molecule has 0 aromatic carbocycles. The van der Waals surface area contributed by atoms with Crippen LogP contribution in [0.2, 0.25) is 0 Å². The van der Waals surface area contributed by atoms with E-state index >= 15 is 0 Å². The molecular formula is C12H22O. The Morgan fingerprint density at radius 2 is 2.23 bits per heavy atom. The first-order valence-electron chi connectivity index (χ1n) is 5.69. The highest BCUT2D eigenvalue weighted by Crippen LogP contribution is 2.21. The summed E-state index contributed by atoms with van der Waals surface area (Å²) >= 11 is 0. The van der Waals surface area contributed by atoms with E-state index in [2.05, 4.69) is 13.0 Å². The van der Waals surface area contributed by atoms with E-state index in [1.807, 2.05) is 0 Å². The minimum absolute atomic E-state index is 0.864. The standard InChI is InChI=1S/C12H22O/c1-2-13-11-7-6-10-12-8-4-3-5-9-12/h8H,2-7,9-11H2,1H3. The molecule has 0 N–H and O–H groups in total. The van der Waals surface area contributed by atoms with Crippen molar-refractivity contribution in [1.29, 1.82) is 0 Å². The van der Waals surface area contributed by atoms with E-state index in [0.29, 0.717) is 0 Å². The van der Waals surface area contributed by atoms with E-state index in [9.17, 15) is 0 Å². The molecule has 0 saturated heterocycles. The molecular weight excluding hydrogens is 160 g/mol. The molecule has 0 atom stereocenters. The lowest BCUT2D eigenvalue weighted by molar-refractivity contribution is 0.143. The van der Waals surface area contributed by atoms with Crippen LogP contribution in [0.3, 0.4) is 0 Å². The van der Waals surface area contributed by atoms with Gasteiger partial charge >= 0.3 is 0 Å². The molecule has 1 aliphatic rings. The molecule has 0 radical (unpaired) electrons. The van der Waals surface area contributed by atoms with E-state index < -0.39 is 0 Å². The first-order valence-corrected chi connectivity index (χ1v) is 5.69. The third-order valence-electron chi connectivity index (χ3n) is 2.63. The van der Waals surface area contributed by atoms with Gasteiger partial charge in [0.2, 0.25) is 0 Å². The van der Waals surface area contributed by atoms with Crippen molar-refractivity contribution in [2.75, 3.05) is 13.2 Å². The fraction of sp³-hybridized carbons (Fsp3) is 0.833. The molecule has 1 rings (SSSR count). The number of unbranched alkanes of at least 4 members (excludes halogenated alkanes) is 1. The maximum atomic E-state index is 5.30. The summed E-state index contributed by atoms with van der Waals surface area (Å²) in [5.41, 5.74) is 1.70. The number of rotatable bonds is 6. The van der Waals surface area contributed by atoms with Gasteiger partial charge in [0.1, 0.15) is 0 Å². The second-order valence-corrected chi connectivity index (χ2v) is 3.76. The van der Waals surface area contributed by atoms with Crippen LogP contribution in [0.15, 0.2) is 11.6 Å². The molecule has 1 heteroatoms. The van der Waals surface area contributed by atoms with Crippen molar-refractivity contribution >= 4 is 0 Å². The summed E-state index contributed by atoms with van der Waals surface area (Å²) in [5.74, 6) is 0. The number of allylic oxidation sites excluding steroid dienone is 2. The van der Waals surface area contributed by atoms with Gasteiger partial charge in [0.05, 0.1) is 0 Å². The van der Waals surface area contributed by atoms with Crippen molar-refractivity contribution in [3.05, 3.63) is 11.6 Å². The predicted octanol–water partition coefficient (Wildman–Crippen LogP) is 3.69. The Balaban J connectivity index is 1.95. The van der Waals surface area contributed by atoms with Gasteiger partial charge in [-0.15, -0.1) is 0 Å². The van der Waals surface area contributed by atoms with Crippen LogP contribution in [-0.4, -0.2) is 13.2 Å². The summed E-state index contributed by atoms with van der Waals surface area (Å²) in [6, 6.07) is 0. The van der Waals surface area contributed by atoms with Crippen LogP contribution in [-0.2, 0) is 4.74 Å². The minimum atomic E-state index is 0.864. The highest BCUT2D eigenvalue weighted by molar-refractivity contribution is 5.04. The van der Waals surface area contributed by atoms with Gasteiger partial charge in [0.15, 0.2) is 0 Å². The molecule has 0 amide bonds.